The van der Waals surface area contributed by atoms with Crippen LogP contribution in [-0.2, 0) is 0 Å². The van der Waals surface area contributed by atoms with Crippen LogP contribution in [0.15, 0.2) is 23.6 Å². The average Bonchev–Trinajstić information content (AvgIpc) is 3.01. The van der Waals surface area contributed by atoms with E-state index in [2.05, 4.69) is 20.7 Å². The molecule has 0 saturated heterocycles. The minimum Gasteiger partial charge on any atom is -0.363 e. The normalized spacial score (nSPS) is 10.9. The lowest BCUT2D eigenvalue weighted by Gasteiger charge is -2.04. The minimum absolute atomic E-state index is 0.442. The van der Waals surface area contributed by atoms with Crippen LogP contribution in [0.1, 0.15) is 6.92 Å². The van der Waals surface area contributed by atoms with Gasteiger partial charge < -0.3 is 5.32 Å². The fraction of sp³-hybridized carbons (Fsp3) is 0.154. The highest BCUT2D eigenvalue weighted by Gasteiger charge is 2.14. The van der Waals surface area contributed by atoms with Gasteiger partial charge in [-0.15, -0.1) is 16.4 Å². The van der Waals surface area contributed by atoms with E-state index in [0.717, 1.165) is 22.8 Å². The maximum Gasteiger partial charge on any atom is 0.250 e. The molecule has 0 radical (unpaired) electrons. The molecule has 2 N–H and O–H groups in total. The number of anilines is 1. The van der Waals surface area contributed by atoms with Crippen LogP contribution < -0.4 is 10.6 Å². The van der Waals surface area contributed by atoms with Crippen LogP contribution in [0.5, 0.6) is 0 Å². The number of thiazole rings is 1. The smallest absolute Gasteiger partial charge is 0.250 e. The molecule has 2 aromatic heterocycles. The van der Waals surface area contributed by atoms with Crippen LogP contribution in [0, 0.1) is 0 Å². The Kier molecular flexibility index (Phi) is 4.49. The summed E-state index contributed by atoms with van der Waals surface area (Å²) in [6.45, 7) is 2.70. The Morgan fingerprint density at radius 1 is 1.41 bits per heavy atom. The van der Waals surface area contributed by atoms with Crippen molar-refractivity contribution in [3.8, 4) is 11.3 Å². The van der Waals surface area contributed by atoms with Gasteiger partial charge in [0.15, 0.2) is 5.11 Å². The van der Waals surface area contributed by atoms with Crippen molar-refractivity contribution in [3.05, 3.63) is 33.6 Å². The molecule has 3 aromatic rings. The van der Waals surface area contributed by atoms with Crippen molar-refractivity contribution < 1.29 is 0 Å². The van der Waals surface area contributed by atoms with Crippen LogP contribution in [0.2, 0.25) is 10.0 Å². The fourth-order valence-electron chi connectivity index (χ4n) is 1.92. The quantitative estimate of drug-likeness (QED) is 0.679. The zero-order valence-electron chi connectivity index (χ0n) is 11.4. The highest BCUT2D eigenvalue weighted by atomic mass is 35.5. The van der Waals surface area contributed by atoms with Gasteiger partial charge in [0, 0.05) is 22.5 Å². The topological polar surface area (TPSA) is 54.2 Å². The lowest BCUT2D eigenvalue weighted by Crippen LogP contribution is -2.28. The molecule has 0 bridgehead atoms. The monoisotopic (exact) mass is 371 g/mol. The van der Waals surface area contributed by atoms with Crippen LogP contribution in [0.3, 0.4) is 0 Å². The van der Waals surface area contributed by atoms with Crippen molar-refractivity contribution in [2.45, 2.75) is 6.92 Å². The zero-order chi connectivity index (χ0) is 15.7. The van der Waals surface area contributed by atoms with Crippen molar-refractivity contribution in [3.63, 3.8) is 0 Å². The molecule has 0 aliphatic carbocycles. The number of rotatable bonds is 3. The van der Waals surface area contributed by atoms with Gasteiger partial charge in [0.05, 0.1) is 10.7 Å². The fourth-order valence-corrected chi connectivity index (χ4v) is 3.36. The van der Waals surface area contributed by atoms with E-state index in [9.17, 15) is 0 Å². The summed E-state index contributed by atoms with van der Waals surface area (Å²) in [5, 5.41) is 14.0. The van der Waals surface area contributed by atoms with Crippen LogP contribution >= 0.6 is 46.8 Å². The van der Waals surface area contributed by atoms with E-state index in [1.165, 1.54) is 11.3 Å². The first-order valence-corrected chi connectivity index (χ1v) is 8.47. The Morgan fingerprint density at radius 3 is 3.00 bits per heavy atom. The summed E-state index contributed by atoms with van der Waals surface area (Å²) in [4.78, 5) is 5.13. The Balaban J connectivity index is 1.99. The molecule has 22 heavy (non-hydrogen) atoms. The largest absolute Gasteiger partial charge is 0.363 e. The summed E-state index contributed by atoms with van der Waals surface area (Å²) in [6, 6.07) is 5.32. The van der Waals surface area contributed by atoms with Gasteiger partial charge in [0.25, 0.3) is 0 Å². The van der Waals surface area contributed by atoms with E-state index in [4.69, 9.17) is 35.4 Å². The first-order valence-electron chi connectivity index (χ1n) is 6.43. The molecule has 114 valence electrons. The van der Waals surface area contributed by atoms with Gasteiger partial charge in [0.2, 0.25) is 10.9 Å². The highest BCUT2D eigenvalue weighted by Crippen LogP contribution is 2.33. The third kappa shape index (κ3) is 3.03. The molecule has 0 aliphatic rings. The summed E-state index contributed by atoms with van der Waals surface area (Å²) < 4.78 is 1.72. The Bertz CT molecular complexity index is 842. The number of nitrogens with one attached hydrogen (secondary N) is 2. The SMILES string of the molecule is CCNC(=S)Nc1nc2scc(-c3cc(Cl)ccc3Cl)n2n1. The first kappa shape index (κ1) is 15.5. The van der Waals surface area contributed by atoms with E-state index in [0.29, 0.717) is 21.1 Å². The summed E-state index contributed by atoms with van der Waals surface area (Å²) in [5.41, 5.74) is 1.65. The molecule has 2 heterocycles. The number of benzene rings is 1. The molecule has 0 spiro atoms. The maximum atomic E-state index is 6.26. The zero-order valence-corrected chi connectivity index (χ0v) is 14.6. The van der Waals surface area contributed by atoms with E-state index < -0.39 is 0 Å². The molecule has 0 saturated carbocycles. The molecule has 5 nitrogen and oxygen atoms in total. The molecule has 0 fully saturated rings. The van der Waals surface area contributed by atoms with Crippen molar-refractivity contribution in [2.75, 3.05) is 11.9 Å². The summed E-state index contributed by atoms with van der Waals surface area (Å²) in [7, 11) is 0. The van der Waals surface area contributed by atoms with Crippen LogP contribution in [0.4, 0.5) is 5.95 Å². The average molecular weight is 372 g/mol. The lowest BCUT2D eigenvalue weighted by atomic mass is 10.2. The Morgan fingerprint density at radius 2 is 2.23 bits per heavy atom. The number of nitrogens with zero attached hydrogens (tertiary/aromatic N) is 3. The maximum absolute atomic E-state index is 6.26. The molecule has 9 heteroatoms. The van der Waals surface area contributed by atoms with Crippen molar-refractivity contribution in [1.82, 2.24) is 19.9 Å². The van der Waals surface area contributed by atoms with Gasteiger partial charge >= 0.3 is 0 Å². The van der Waals surface area contributed by atoms with Crippen molar-refractivity contribution in [2.24, 2.45) is 0 Å². The standard InChI is InChI=1S/C13H11Cl2N5S2/c1-2-16-12(21)17-11-18-13-20(19-11)10(6-22-13)8-5-7(14)3-4-9(8)15/h3-6H,2H2,1H3,(H2,16,17,19,21). The predicted molar refractivity (Wildman–Crippen MR) is 96.2 cm³/mol. The molecule has 3 rings (SSSR count). The van der Waals surface area contributed by atoms with Crippen LogP contribution in [0.25, 0.3) is 16.2 Å². The molecule has 0 amide bonds. The van der Waals surface area contributed by atoms with Gasteiger partial charge in [-0.3, -0.25) is 5.32 Å². The van der Waals surface area contributed by atoms with Gasteiger partial charge in [-0.05, 0) is 37.3 Å². The summed E-state index contributed by atoms with van der Waals surface area (Å²) in [6.07, 6.45) is 0. The molecule has 0 atom stereocenters. The van der Waals surface area contributed by atoms with E-state index >= 15 is 0 Å². The number of halogens is 2. The van der Waals surface area contributed by atoms with Gasteiger partial charge in [0.1, 0.15) is 0 Å². The minimum atomic E-state index is 0.442. The van der Waals surface area contributed by atoms with E-state index in [-0.39, 0.29) is 0 Å². The number of hydrogen-bond donors (Lipinski definition) is 2. The molecule has 0 aliphatic heterocycles. The highest BCUT2D eigenvalue weighted by molar-refractivity contribution is 7.80. The second kappa shape index (κ2) is 6.37. The van der Waals surface area contributed by atoms with Crippen LogP contribution in [-0.4, -0.2) is 26.3 Å². The molecular formula is C13H11Cl2N5S2. The predicted octanol–water partition coefficient (Wildman–Crippen LogP) is 4.07. The Labute approximate surface area is 146 Å². The third-order valence-corrected chi connectivity index (χ3v) is 4.48. The van der Waals surface area contributed by atoms with Crippen molar-refractivity contribution in [1.29, 1.82) is 0 Å². The van der Waals surface area contributed by atoms with E-state index in [1.807, 2.05) is 18.4 Å². The number of aromatic nitrogens is 3. The summed E-state index contributed by atoms with van der Waals surface area (Å²) >= 11 is 18.9. The second-order valence-electron chi connectivity index (χ2n) is 4.36. The number of hydrogen-bond acceptors (Lipinski definition) is 4. The second-order valence-corrected chi connectivity index (χ2v) is 6.45. The molecular weight excluding hydrogens is 361 g/mol. The summed E-state index contributed by atoms with van der Waals surface area (Å²) in [5.74, 6) is 0.442. The molecule has 1 aromatic carbocycles. The van der Waals surface area contributed by atoms with Crippen molar-refractivity contribution >= 4 is 62.8 Å². The lowest BCUT2D eigenvalue weighted by molar-refractivity contribution is 0.965. The van der Waals surface area contributed by atoms with Gasteiger partial charge in [-0.25, -0.2) is 4.52 Å². The number of fused-ring (bicyclic) bond motifs is 1. The Hall–Kier alpha value is -1.41. The number of thiocarbonyl (C=S) groups is 1. The third-order valence-electron chi connectivity index (χ3n) is 2.85. The molecule has 0 unspecified atom stereocenters. The van der Waals surface area contributed by atoms with E-state index in [1.54, 1.807) is 16.6 Å². The van der Waals surface area contributed by atoms with Gasteiger partial charge in [-0.1, -0.05) is 23.2 Å². The first-order chi connectivity index (χ1) is 10.6. The van der Waals surface area contributed by atoms with Gasteiger partial charge in [-0.2, -0.15) is 4.98 Å².